The van der Waals surface area contributed by atoms with Crippen molar-refractivity contribution in [2.24, 2.45) is 5.92 Å². The minimum Gasteiger partial charge on any atom is -0.444 e. The van der Waals surface area contributed by atoms with Gasteiger partial charge < -0.3 is 20.7 Å². The molecule has 0 unspecified atom stereocenters. The van der Waals surface area contributed by atoms with Gasteiger partial charge in [-0.2, -0.15) is 0 Å². The molecule has 0 heterocycles. The van der Waals surface area contributed by atoms with Crippen molar-refractivity contribution in [2.45, 2.75) is 45.6 Å². The third-order valence-corrected chi connectivity index (χ3v) is 2.91. The number of rotatable bonds is 8. The summed E-state index contributed by atoms with van der Waals surface area (Å²) in [5.41, 5.74) is -0.591. The number of hydrogen-bond donors (Lipinski definition) is 3. The van der Waals surface area contributed by atoms with E-state index in [9.17, 15) is 14.4 Å². The van der Waals surface area contributed by atoms with Crippen LogP contribution in [-0.2, 0) is 14.3 Å². The molecular formula is C16H27N3O4. The molecular weight excluding hydrogens is 298 g/mol. The summed E-state index contributed by atoms with van der Waals surface area (Å²) in [4.78, 5) is 34.3. The Morgan fingerprint density at radius 2 is 1.74 bits per heavy atom. The molecule has 3 amide bonds. The van der Waals surface area contributed by atoms with Crippen molar-refractivity contribution in [3.8, 4) is 0 Å². The number of alkyl carbamates (subject to hydrolysis) is 1. The Balaban J connectivity index is 1.99. The SMILES string of the molecule is CC(C)(C)OC(=O)NCC(=O)NCCCNC(=O)/C=C/C1CC1. The second-order valence-electron chi connectivity index (χ2n) is 6.55. The zero-order chi connectivity index (χ0) is 17.3. The minimum atomic E-state index is -0.623. The Labute approximate surface area is 137 Å². The van der Waals surface area contributed by atoms with Crippen molar-refractivity contribution >= 4 is 17.9 Å². The van der Waals surface area contributed by atoms with Gasteiger partial charge in [-0.1, -0.05) is 6.08 Å². The lowest BCUT2D eigenvalue weighted by Crippen LogP contribution is -2.40. The van der Waals surface area contributed by atoms with Crippen LogP contribution in [0, 0.1) is 5.92 Å². The summed E-state index contributed by atoms with van der Waals surface area (Å²) in [6.07, 6.45) is 5.85. The maximum Gasteiger partial charge on any atom is 0.408 e. The van der Waals surface area contributed by atoms with E-state index in [1.807, 2.05) is 6.08 Å². The van der Waals surface area contributed by atoms with Gasteiger partial charge in [-0.25, -0.2) is 4.79 Å². The number of ether oxygens (including phenoxy) is 1. The van der Waals surface area contributed by atoms with Gasteiger partial charge in [0.1, 0.15) is 5.60 Å². The predicted molar refractivity (Wildman–Crippen MR) is 86.7 cm³/mol. The summed E-state index contributed by atoms with van der Waals surface area (Å²) in [7, 11) is 0. The maximum atomic E-state index is 11.5. The van der Waals surface area contributed by atoms with Gasteiger partial charge in [-0.05, 0) is 52.0 Å². The molecule has 7 nitrogen and oxygen atoms in total. The molecule has 0 atom stereocenters. The largest absolute Gasteiger partial charge is 0.444 e. The fraction of sp³-hybridized carbons (Fsp3) is 0.688. The van der Waals surface area contributed by atoms with Gasteiger partial charge in [0.15, 0.2) is 0 Å². The third kappa shape index (κ3) is 11.2. The van der Waals surface area contributed by atoms with Crippen LogP contribution in [0.3, 0.4) is 0 Å². The van der Waals surface area contributed by atoms with Crippen LogP contribution in [0.4, 0.5) is 4.79 Å². The minimum absolute atomic E-state index is 0.102. The molecule has 130 valence electrons. The monoisotopic (exact) mass is 325 g/mol. The van der Waals surface area contributed by atoms with Crippen molar-refractivity contribution in [3.05, 3.63) is 12.2 Å². The number of allylic oxidation sites excluding steroid dienone is 1. The third-order valence-electron chi connectivity index (χ3n) is 2.91. The van der Waals surface area contributed by atoms with Crippen LogP contribution < -0.4 is 16.0 Å². The molecule has 0 radical (unpaired) electrons. The topological polar surface area (TPSA) is 96.5 Å². The van der Waals surface area contributed by atoms with E-state index < -0.39 is 11.7 Å². The van der Waals surface area contributed by atoms with Gasteiger partial charge in [0.2, 0.25) is 11.8 Å². The number of carbonyl (C=O) groups is 3. The molecule has 0 saturated heterocycles. The van der Waals surface area contributed by atoms with Gasteiger partial charge in [-0.15, -0.1) is 0 Å². The highest BCUT2D eigenvalue weighted by atomic mass is 16.6. The van der Waals surface area contributed by atoms with E-state index in [1.165, 1.54) is 12.8 Å². The lowest BCUT2D eigenvalue weighted by molar-refractivity contribution is -0.120. The average molecular weight is 325 g/mol. The molecule has 0 spiro atoms. The Bertz CT molecular complexity index is 451. The molecule has 1 rings (SSSR count). The van der Waals surface area contributed by atoms with Crippen LogP contribution in [0.2, 0.25) is 0 Å². The van der Waals surface area contributed by atoms with E-state index in [0.29, 0.717) is 25.4 Å². The van der Waals surface area contributed by atoms with Gasteiger partial charge in [0, 0.05) is 13.1 Å². The quantitative estimate of drug-likeness (QED) is 0.460. The molecule has 0 bridgehead atoms. The molecule has 23 heavy (non-hydrogen) atoms. The second kappa shape index (κ2) is 9.17. The maximum absolute atomic E-state index is 11.5. The van der Waals surface area contributed by atoms with E-state index >= 15 is 0 Å². The highest BCUT2D eigenvalue weighted by molar-refractivity contribution is 5.87. The summed E-state index contributed by atoms with van der Waals surface area (Å²) in [5, 5.41) is 7.78. The predicted octanol–water partition coefficient (Wildman–Crippen LogP) is 1.10. The molecule has 1 fully saturated rings. The van der Waals surface area contributed by atoms with Crippen molar-refractivity contribution in [3.63, 3.8) is 0 Å². The number of nitrogens with one attached hydrogen (secondary N) is 3. The molecule has 1 aliphatic carbocycles. The van der Waals surface area contributed by atoms with Crippen molar-refractivity contribution in [2.75, 3.05) is 19.6 Å². The molecule has 1 aliphatic rings. The molecule has 0 aromatic carbocycles. The van der Waals surface area contributed by atoms with E-state index in [-0.39, 0.29) is 18.4 Å². The van der Waals surface area contributed by atoms with Crippen LogP contribution in [0.5, 0.6) is 0 Å². The van der Waals surface area contributed by atoms with Crippen LogP contribution in [0.1, 0.15) is 40.0 Å². The summed E-state index contributed by atoms with van der Waals surface area (Å²) in [5.74, 6) is 0.183. The zero-order valence-corrected chi connectivity index (χ0v) is 14.1. The lowest BCUT2D eigenvalue weighted by Gasteiger charge is -2.19. The highest BCUT2D eigenvalue weighted by Crippen LogP contribution is 2.29. The molecule has 7 heteroatoms. The van der Waals surface area contributed by atoms with Gasteiger partial charge >= 0.3 is 6.09 Å². The summed E-state index contributed by atoms with van der Waals surface area (Å²) < 4.78 is 5.02. The lowest BCUT2D eigenvalue weighted by atomic mass is 10.2. The Hall–Kier alpha value is -2.05. The number of carbonyl (C=O) groups excluding carboxylic acids is 3. The molecule has 0 aromatic rings. The average Bonchev–Trinajstić information content (AvgIpc) is 3.25. The Kier molecular flexibility index (Phi) is 7.57. The molecule has 0 aliphatic heterocycles. The fourth-order valence-electron chi connectivity index (χ4n) is 1.63. The first-order chi connectivity index (χ1) is 10.8. The first-order valence-electron chi connectivity index (χ1n) is 7.96. The van der Waals surface area contributed by atoms with Gasteiger partial charge in [0.05, 0.1) is 6.54 Å². The standard InChI is InChI=1S/C16H27N3O4/c1-16(2,3)23-15(22)19-11-14(21)18-10-4-9-17-13(20)8-7-12-5-6-12/h7-8,12H,4-6,9-11H2,1-3H3,(H,17,20)(H,18,21)(H,19,22)/b8-7+. The van der Waals surface area contributed by atoms with Crippen LogP contribution in [0.15, 0.2) is 12.2 Å². The van der Waals surface area contributed by atoms with Crippen LogP contribution in [-0.4, -0.2) is 43.1 Å². The van der Waals surface area contributed by atoms with Crippen molar-refractivity contribution in [1.82, 2.24) is 16.0 Å². The van der Waals surface area contributed by atoms with Crippen molar-refractivity contribution in [1.29, 1.82) is 0 Å². The van der Waals surface area contributed by atoms with E-state index in [2.05, 4.69) is 16.0 Å². The molecule has 3 N–H and O–H groups in total. The zero-order valence-electron chi connectivity index (χ0n) is 14.1. The Morgan fingerprint density at radius 3 is 2.35 bits per heavy atom. The number of hydrogen-bond acceptors (Lipinski definition) is 4. The van der Waals surface area contributed by atoms with Gasteiger partial charge in [-0.3, -0.25) is 9.59 Å². The van der Waals surface area contributed by atoms with Crippen LogP contribution in [0.25, 0.3) is 0 Å². The van der Waals surface area contributed by atoms with Crippen molar-refractivity contribution < 1.29 is 19.1 Å². The highest BCUT2D eigenvalue weighted by Gasteiger charge is 2.17. The Morgan fingerprint density at radius 1 is 1.09 bits per heavy atom. The normalized spacial score (nSPS) is 14.4. The van der Waals surface area contributed by atoms with E-state index in [1.54, 1.807) is 26.8 Å². The fourth-order valence-corrected chi connectivity index (χ4v) is 1.63. The summed E-state index contributed by atoms with van der Waals surface area (Å²) in [6, 6.07) is 0. The second-order valence-corrected chi connectivity index (χ2v) is 6.55. The van der Waals surface area contributed by atoms with Gasteiger partial charge in [0.25, 0.3) is 0 Å². The van der Waals surface area contributed by atoms with E-state index in [0.717, 1.165) is 0 Å². The first-order valence-corrected chi connectivity index (χ1v) is 7.96. The summed E-state index contributed by atoms with van der Waals surface area (Å²) >= 11 is 0. The molecule has 1 saturated carbocycles. The van der Waals surface area contributed by atoms with E-state index in [4.69, 9.17) is 4.74 Å². The number of amides is 3. The van der Waals surface area contributed by atoms with Crippen LogP contribution >= 0.6 is 0 Å². The molecule has 0 aromatic heterocycles. The summed E-state index contributed by atoms with van der Waals surface area (Å²) in [6.45, 7) is 6.04. The smallest absolute Gasteiger partial charge is 0.408 e. The first kappa shape index (κ1) is 19.0.